The van der Waals surface area contributed by atoms with Gasteiger partial charge in [0.25, 0.3) is 0 Å². The second-order valence-electron chi connectivity index (χ2n) is 5.53. The number of nitrogens with one attached hydrogen (secondary N) is 2. The highest BCUT2D eigenvalue weighted by molar-refractivity contribution is 5.76. The third-order valence-electron chi connectivity index (χ3n) is 3.12. The summed E-state index contributed by atoms with van der Waals surface area (Å²) in [7, 11) is 0. The molecule has 1 aromatic carbocycles. The summed E-state index contributed by atoms with van der Waals surface area (Å²) in [5, 5.41) is 6.24. The molecule has 0 spiro atoms. The largest absolute Gasteiger partial charge is 0.354 e. The summed E-state index contributed by atoms with van der Waals surface area (Å²) in [5.74, 6) is 0.111. The Kier molecular flexibility index (Phi) is 6.03. The maximum absolute atomic E-state index is 11.5. The van der Waals surface area contributed by atoms with Crippen molar-refractivity contribution in [1.82, 2.24) is 10.6 Å². The van der Waals surface area contributed by atoms with E-state index in [2.05, 4.69) is 43.5 Å². The lowest BCUT2D eigenvalue weighted by atomic mass is 10.00. The van der Waals surface area contributed by atoms with Crippen LogP contribution in [0.3, 0.4) is 0 Å². The van der Waals surface area contributed by atoms with Gasteiger partial charge in [0.15, 0.2) is 0 Å². The number of rotatable bonds is 6. The van der Waals surface area contributed by atoms with Crippen LogP contribution in [0.15, 0.2) is 12.1 Å². The van der Waals surface area contributed by atoms with Crippen molar-refractivity contribution in [1.29, 1.82) is 0 Å². The van der Waals surface area contributed by atoms with Crippen LogP contribution in [0.4, 0.5) is 0 Å². The second-order valence-corrected chi connectivity index (χ2v) is 5.53. The summed E-state index contributed by atoms with van der Waals surface area (Å²) in [6.07, 6.45) is 0.530. The fourth-order valence-corrected chi connectivity index (χ4v) is 2.30. The first-order chi connectivity index (χ1) is 8.90. The Morgan fingerprint density at radius 3 is 2.26 bits per heavy atom. The first kappa shape index (κ1) is 15.7. The first-order valence-corrected chi connectivity index (χ1v) is 6.97. The Labute approximate surface area is 116 Å². The van der Waals surface area contributed by atoms with Crippen LogP contribution in [-0.2, 0) is 11.3 Å². The monoisotopic (exact) mass is 262 g/mol. The third-order valence-corrected chi connectivity index (χ3v) is 3.12. The molecule has 1 rings (SSSR count). The Balaban J connectivity index is 2.40. The maximum atomic E-state index is 11.5. The van der Waals surface area contributed by atoms with Gasteiger partial charge in [-0.3, -0.25) is 4.79 Å². The van der Waals surface area contributed by atoms with Gasteiger partial charge in [0, 0.05) is 25.6 Å². The van der Waals surface area contributed by atoms with Crippen molar-refractivity contribution in [3.8, 4) is 0 Å². The summed E-state index contributed by atoms with van der Waals surface area (Å²) in [4.78, 5) is 11.5. The minimum atomic E-state index is 0.111. The molecule has 0 aliphatic rings. The molecule has 0 fully saturated rings. The lowest BCUT2D eigenvalue weighted by Crippen LogP contribution is -2.32. The first-order valence-electron chi connectivity index (χ1n) is 6.97. The molecule has 0 aromatic heterocycles. The molecule has 0 unspecified atom stereocenters. The van der Waals surface area contributed by atoms with Crippen molar-refractivity contribution in [2.45, 2.75) is 53.6 Å². The summed E-state index contributed by atoms with van der Waals surface area (Å²) >= 11 is 0. The van der Waals surface area contributed by atoms with E-state index in [1.807, 2.05) is 13.8 Å². The van der Waals surface area contributed by atoms with Crippen molar-refractivity contribution in [2.24, 2.45) is 0 Å². The van der Waals surface area contributed by atoms with Gasteiger partial charge in [-0.05, 0) is 51.3 Å². The molecule has 2 N–H and O–H groups in total. The van der Waals surface area contributed by atoms with Crippen molar-refractivity contribution in [3.05, 3.63) is 34.4 Å². The zero-order chi connectivity index (χ0) is 14.4. The molecule has 0 radical (unpaired) electrons. The van der Waals surface area contributed by atoms with Gasteiger partial charge in [0.1, 0.15) is 0 Å². The number of benzene rings is 1. The van der Waals surface area contributed by atoms with E-state index in [4.69, 9.17) is 0 Å². The van der Waals surface area contributed by atoms with Crippen molar-refractivity contribution in [2.75, 3.05) is 6.54 Å². The third kappa shape index (κ3) is 5.43. The quantitative estimate of drug-likeness (QED) is 0.774. The SMILES string of the molecule is Cc1cc(C)c(CNCCC(=O)NC(C)C)c(C)c1. The highest BCUT2D eigenvalue weighted by Crippen LogP contribution is 2.15. The second kappa shape index (κ2) is 7.29. The van der Waals surface area contributed by atoms with Crippen LogP contribution in [0, 0.1) is 20.8 Å². The molecule has 0 aliphatic heterocycles. The molecule has 0 atom stereocenters. The molecule has 1 aromatic rings. The molecule has 1 amide bonds. The topological polar surface area (TPSA) is 41.1 Å². The molecule has 0 aliphatic carbocycles. The van der Waals surface area contributed by atoms with E-state index in [0.29, 0.717) is 13.0 Å². The Hall–Kier alpha value is -1.35. The van der Waals surface area contributed by atoms with Crippen molar-refractivity contribution >= 4 is 5.91 Å². The Morgan fingerprint density at radius 1 is 1.16 bits per heavy atom. The van der Waals surface area contributed by atoms with Crippen LogP contribution in [0.2, 0.25) is 0 Å². The van der Waals surface area contributed by atoms with Crippen LogP contribution >= 0.6 is 0 Å². The van der Waals surface area contributed by atoms with Gasteiger partial charge in [-0.1, -0.05) is 17.7 Å². The predicted octanol–water partition coefficient (Wildman–Crippen LogP) is 2.62. The van der Waals surface area contributed by atoms with Crippen LogP contribution in [0.5, 0.6) is 0 Å². The van der Waals surface area contributed by atoms with E-state index in [-0.39, 0.29) is 11.9 Å². The normalized spacial score (nSPS) is 10.8. The summed E-state index contributed by atoms with van der Waals surface area (Å²) in [6.45, 7) is 11.9. The predicted molar refractivity (Wildman–Crippen MR) is 80.3 cm³/mol. The van der Waals surface area contributed by atoms with E-state index in [9.17, 15) is 4.79 Å². The number of carbonyl (C=O) groups is 1. The van der Waals surface area contributed by atoms with Crippen LogP contribution in [0.1, 0.15) is 42.5 Å². The fourth-order valence-electron chi connectivity index (χ4n) is 2.30. The number of carbonyl (C=O) groups excluding carboxylic acids is 1. The lowest BCUT2D eigenvalue weighted by molar-refractivity contribution is -0.121. The molecule has 19 heavy (non-hydrogen) atoms. The van der Waals surface area contributed by atoms with Gasteiger partial charge in [0.2, 0.25) is 5.91 Å². The van der Waals surface area contributed by atoms with E-state index in [0.717, 1.165) is 6.54 Å². The van der Waals surface area contributed by atoms with Gasteiger partial charge in [-0.25, -0.2) is 0 Å². The van der Waals surface area contributed by atoms with E-state index < -0.39 is 0 Å². The highest BCUT2D eigenvalue weighted by atomic mass is 16.1. The van der Waals surface area contributed by atoms with E-state index >= 15 is 0 Å². The van der Waals surface area contributed by atoms with E-state index in [1.165, 1.54) is 22.3 Å². The average Bonchev–Trinajstić information content (AvgIpc) is 2.25. The minimum absolute atomic E-state index is 0.111. The molecular weight excluding hydrogens is 236 g/mol. The van der Waals surface area contributed by atoms with Crippen LogP contribution < -0.4 is 10.6 Å². The number of amides is 1. The molecule has 3 nitrogen and oxygen atoms in total. The van der Waals surface area contributed by atoms with Gasteiger partial charge < -0.3 is 10.6 Å². The van der Waals surface area contributed by atoms with Gasteiger partial charge in [-0.2, -0.15) is 0 Å². The standard InChI is InChI=1S/C16H26N2O/c1-11(2)18-16(19)6-7-17-10-15-13(4)8-12(3)9-14(15)5/h8-9,11,17H,6-7,10H2,1-5H3,(H,18,19). The van der Waals surface area contributed by atoms with Gasteiger partial charge >= 0.3 is 0 Å². The molecule has 0 heterocycles. The lowest BCUT2D eigenvalue weighted by Gasteiger charge is -2.13. The highest BCUT2D eigenvalue weighted by Gasteiger charge is 2.05. The molecule has 0 saturated carbocycles. The Morgan fingerprint density at radius 2 is 1.74 bits per heavy atom. The average molecular weight is 262 g/mol. The summed E-state index contributed by atoms with van der Waals surface area (Å²) in [6, 6.07) is 4.62. The number of hydrogen-bond donors (Lipinski definition) is 2. The fraction of sp³-hybridized carbons (Fsp3) is 0.562. The van der Waals surface area contributed by atoms with Crippen molar-refractivity contribution < 1.29 is 4.79 Å². The molecular formula is C16H26N2O. The van der Waals surface area contributed by atoms with Gasteiger partial charge in [-0.15, -0.1) is 0 Å². The summed E-state index contributed by atoms with van der Waals surface area (Å²) < 4.78 is 0. The van der Waals surface area contributed by atoms with E-state index in [1.54, 1.807) is 0 Å². The van der Waals surface area contributed by atoms with Crippen molar-refractivity contribution in [3.63, 3.8) is 0 Å². The van der Waals surface area contributed by atoms with Gasteiger partial charge in [0.05, 0.1) is 0 Å². The van der Waals surface area contributed by atoms with Crippen LogP contribution in [0.25, 0.3) is 0 Å². The molecule has 0 saturated heterocycles. The smallest absolute Gasteiger partial charge is 0.221 e. The Bertz CT molecular complexity index is 415. The molecule has 106 valence electrons. The summed E-state index contributed by atoms with van der Waals surface area (Å²) in [5.41, 5.74) is 5.28. The zero-order valence-corrected chi connectivity index (χ0v) is 12.8. The number of hydrogen-bond acceptors (Lipinski definition) is 2. The molecule has 0 bridgehead atoms. The van der Waals surface area contributed by atoms with Crippen LogP contribution in [-0.4, -0.2) is 18.5 Å². The zero-order valence-electron chi connectivity index (χ0n) is 12.8. The molecule has 3 heteroatoms. The minimum Gasteiger partial charge on any atom is -0.354 e. The maximum Gasteiger partial charge on any atom is 0.221 e. The number of aryl methyl sites for hydroxylation is 3.